The summed E-state index contributed by atoms with van der Waals surface area (Å²) in [5.41, 5.74) is 1.35. The smallest absolute Gasteiger partial charge is 0.321 e. The molecular formula is C20H26N2O5. The third-order valence-corrected chi connectivity index (χ3v) is 4.05. The van der Waals surface area contributed by atoms with Crippen molar-refractivity contribution in [3.8, 4) is 5.75 Å². The van der Waals surface area contributed by atoms with E-state index in [-0.39, 0.29) is 13.0 Å². The normalized spacial score (nSPS) is 13.3. The van der Waals surface area contributed by atoms with E-state index in [1.807, 2.05) is 18.2 Å². The number of carbonyl (C=O) groups is 3. The molecule has 1 aromatic rings. The highest BCUT2D eigenvalue weighted by atomic mass is 16.5. The number of rotatable bonds is 9. The Morgan fingerprint density at radius 2 is 1.89 bits per heavy atom. The molecule has 0 heterocycles. The summed E-state index contributed by atoms with van der Waals surface area (Å²) in [6.45, 7) is 0.130. The van der Waals surface area contributed by atoms with E-state index < -0.39 is 24.5 Å². The lowest BCUT2D eigenvalue weighted by Gasteiger charge is -2.13. The van der Waals surface area contributed by atoms with Crippen LogP contribution in [0, 0.1) is 0 Å². The summed E-state index contributed by atoms with van der Waals surface area (Å²) >= 11 is 0. The molecule has 0 unspecified atom stereocenters. The van der Waals surface area contributed by atoms with Crippen LogP contribution >= 0.6 is 0 Å². The van der Waals surface area contributed by atoms with E-state index in [0.29, 0.717) is 12.3 Å². The summed E-state index contributed by atoms with van der Waals surface area (Å²) in [5, 5.41) is 4.77. The molecule has 0 saturated heterocycles. The molecule has 0 fully saturated rings. The first-order chi connectivity index (χ1) is 13.1. The third-order valence-electron chi connectivity index (χ3n) is 4.05. The maximum absolute atomic E-state index is 11.6. The third kappa shape index (κ3) is 8.89. The van der Waals surface area contributed by atoms with Crippen LogP contribution in [0.15, 0.2) is 42.0 Å². The fourth-order valence-electron chi connectivity index (χ4n) is 2.66. The van der Waals surface area contributed by atoms with Crippen molar-refractivity contribution in [2.45, 2.75) is 38.5 Å². The minimum Gasteiger partial charge on any atom is -0.493 e. The predicted octanol–water partition coefficient (Wildman–Crippen LogP) is 2.72. The molecule has 0 bridgehead atoms. The van der Waals surface area contributed by atoms with Crippen molar-refractivity contribution in [1.29, 1.82) is 0 Å². The minimum absolute atomic E-state index is 0.0173. The number of carbonyl (C=O) groups excluding carboxylic acids is 3. The zero-order valence-corrected chi connectivity index (χ0v) is 15.4. The molecule has 0 radical (unpaired) electrons. The van der Waals surface area contributed by atoms with Crippen molar-refractivity contribution in [3.05, 3.63) is 42.0 Å². The lowest BCUT2D eigenvalue weighted by atomic mass is 9.97. The van der Waals surface area contributed by atoms with Gasteiger partial charge in [0, 0.05) is 6.54 Å². The number of benzene rings is 1. The largest absolute Gasteiger partial charge is 0.493 e. The molecule has 3 amide bonds. The van der Waals surface area contributed by atoms with Gasteiger partial charge in [0.05, 0.1) is 13.0 Å². The van der Waals surface area contributed by atoms with Crippen molar-refractivity contribution in [3.63, 3.8) is 0 Å². The highest BCUT2D eigenvalue weighted by Gasteiger charge is 2.11. The predicted molar refractivity (Wildman–Crippen MR) is 100 cm³/mol. The second-order valence-electron chi connectivity index (χ2n) is 6.23. The van der Waals surface area contributed by atoms with Gasteiger partial charge < -0.3 is 14.8 Å². The van der Waals surface area contributed by atoms with E-state index >= 15 is 0 Å². The van der Waals surface area contributed by atoms with Gasteiger partial charge in [-0.3, -0.25) is 14.9 Å². The van der Waals surface area contributed by atoms with Crippen molar-refractivity contribution >= 4 is 17.9 Å². The van der Waals surface area contributed by atoms with E-state index in [1.54, 1.807) is 12.1 Å². The Labute approximate surface area is 159 Å². The summed E-state index contributed by atoms with van der Waals surface area (Å²) in [6.07, 6.45) is 7.62. The summed E-state index contributed by atoms with van der Waals surface area (Å²) in [6, 6.07) is 8.50. The Kier molecular flexibility index (Phi) is 8.89. The van der Waals surface area contributed by atoms with Crippen LogP contribution in [0.25, 0.3) is 0 Å². The molecule has 0 spiro atoms. The molecule has 0 atom stereocenters. The van der Waals surface area contributed by atoms with Crippen LogP contribution in [0.3, 0.4) is 0 Å². The average Bonchev–Trinajstić information content (AvgIpc) is 2.68. The van der Waals surface area contributed by atoms with Gasteiger partial charge in [-0.15, -0.1) is 0 Å². The Balaban J connectivity index is 1.52. The van der Waals surface area contributed by atoms with E-state index in [2.05, 4.69) is 16.7 Å². The van der Waals surface area contributed by atoms with Crippen LogP contribution in [0.2, 0.25) is 0 Å². The lowest BCUT2D eigenvalue weighted by molar-refractivity contribution is -0.148. The van der Waals surface area contributed by atoms with Gasteiger partial charge in [0.1, 0.15) is 5.75 Å². The molecule has 7 heteroatoms. The molecule has 146 valence electrons. The Morgan fingerprint density at radius 1 is 1.07 bits per heavy atom. The fourth-order valence-corrected chi connectivity index (χ4v) is 2.66. The van der Waals surface area contributed by atoms with Crippen LogP contribution in [0.5, 0.6) is 5.75 Å². The van der Waals surface area contributed by atoms with Gasteiger partial charge in [-0.05, 0) is 44.2 Å². The first-order valence-corrected chi connectivity index (χ1v) is 9.22. The minimum atomic E-state index is -0.665. The summed E-state index contributed by atoms with van der Waals surface area (Å²) < 4.78 is 10.2. The first-order valence-electron chi connectivity index (χ1n) is 9.22. The van der Waals surface area contributed by atoms with Crippen LogP contribution < -0.4 is 15.4 Å². The molecular weight excluding hydrogens is 348 g/mol. The zero-order chi connectivity index (χ0) is 19.3. The number of para-hydroxylation sites is 1. The maximum Gasteiger partial charge on any atom is 0.321 e. The second kappa shape index (κ2) is 11.7. The number of imide groups is 1. The topological polar surface area (TPSA) is 93.7 Å². The molecule has 1 aromatic carbocycles. The van der Waals surface area contributed by atoms with Gasteiger partial charge in [-0.1, -0.05) is 29.8 Å². The second-order valence-corrected chi connectivity index (χ2v) is 6.23. The zero-order valence-electron chi connectivity index (χ0n) is 15.4. The maximum atomic E-state index is 11.6. The standard InChI is InChI=1S/C20H26N2O5/c23-18(22-20(25)21-13-11-16-7-3-1-4-8-16)15-27-19(24)12-14-26-17-9-5-2-6-10-17/h2,5-7,9-10H,1,3-4,8,11-15H2,(H2,21,22,23,25). The molecule has 27 heavy (non-hydrogen) atoms. The van der Waals surface area contributed by atoms with E-state index in [4.69, 9.17) is 9.47 Å². The number of amides is 3. The SMILES string of the molecule is O=C(COC(=O)CCOc1ccccc1)NC(=O)NCCC1=CCCCC1. The molecule has 7 nitrogen and oxygen atoms in total. The number of hydrogen-bond acceptors (Lipinski definition) is 5. The van der Waals surface area contributed by atoms with Gasteiger partial charge in [0.2, 0.25) is 0 Å². The fraction of sp³-hybridized carbons (Fsp3) is 0.450. The van der Waals surface area contributed by atoms with Crippen LogP contribution in [0.4, 0.5) is 4.79 Å². The highest BCUT2D eigenvalue weighted by molar-refractivity contribution is 5.95. The van der Waals surface area contributed by atoms with Crippen LogP contribution in [-0.2, 0) is 14.3 Å². The average molecular weight is 374 g/mol. The van der Waals surface area contributed by atoms with Crippen LogP contribution in [0.1, 0.15) is 38.5 Å². The Hall–Kier alpha value is -2.83. The molecule has 0 aromatic heterocycles. The number of urea groups is 1. The van der Waals surface area contributed by atoms with E-state index in [9.17, 15) is 14.4 Å². The number of hydrogen-bond donors (Lipinski definition) is 2. The summed E-state index contributed by atoms with van der Waals surface area (Å²) in [5.74, 6) is -0.573. The molecule has 2 N–H and O–H groups in total. The van der Waals surface area contributed by atoms with Crippen molar-refractivity contribution in [1.82, 2.24) is 10.6 Å². The molecule has 0 aliphatic heterocycles. The molecule has 2 rings (SSSR count). The first kappa shape index (κ1) is 20.5. The number of ether oxygens (including phenoxy) is 2. The monoisotopic (exact) mass is 374 g/mol. The van der Waals surface area contributed by atoms with Crippen molar-refractivity contribution in [2.75, 3.05) is 19.8 Å². The lowest BCUT2D eigenvalue weighted by Crippen LogP contribution is -2.41. The molecule has 1 aliphatic rings. The molecule has 0 saturated carbocycles. The van der Waals surface area contributed by atoms with E-state index in [1.165, 1.54) is 18.4 Å². The number of nitrogens with one attached hydrogen (secondary N) is 2. The van der Waals surface area contributed by atoms with Crippen molar-refractivity contribution in [2.24, 2.45) is 0 Å². The Morgan fingerprint density at radius 3 is 2.63 bits per heavy atom. The van der Waals surface area contributed by atoms with Gasteiger partial charge >= 0.3 is 12.0 Å². The van der Waals surface area contributed by atoms with Crippen LogP contribution in [-0.4, -0.2) is 37.7 Å². The summed E-state index contributed by atoms with van der Waals surface area (Å²) in [7, 11) is 0. The summed E-state index contributed by atoms with van der Waals surface area (Å²) in [4.78, 5) is 34.9. The van der Waals surface area contributed by atoms with Gasteiger partial charge in [0.15, 0.2) is 6.61 Å². The van der Waals surface area contributed by atoms with Gasteiger partial charge in [-0.25, -0.2) is 4.79 Å². The quantitative estimate of drug-likeness (QED) is 0.512. The Bertz CT molecular complexity index is 658. The van der Waals surface area contributed by atoms with E-state index in [0.717, 1.165) is 19.3 Å². The van der Waals surface area contributed by atoms with Gasteiger partial charge in [-0.2, -0.15) is 0 Å². The van der Waals surface area contributed by atoms with Crippen molar-refractivity contribution < 1.29 is 23.9 Å². The number of esters is 1. The highest BCUT2D eigenvalue weighted by Crippen LogP contribution is 2.19. The molecule has 1 aliphatic carbocycles. The number of allylic oxidation sites excluding steroid dienone is 1. The van der Waals surface area contributed by atoms with Gasteiger partial charge in [0.25, 0.3) is 5.91 Å².